The van der Waals surface area contributed by atoms with Gasteiger partial charge in [0.25, 0.3) is 0 Å². The van der Waals surface area contributed by atoms with Gasteiger partial charge in [0.1, 0.15) is 24.2 Å². The Morgan fingerprint density at radius 1 is 1.27 bits per heavy atom. The number of benzene rings is 1. The molecule has 2 aliphatic heterocycles. The van der Waals surface area contributed by atoms with Gasteiger partial charge in [0.2, 0.25) is 0 Å². The maximum Gasteiger partial charge on any atom is 0.191 e. The van der Waals surface area contributed by atoms with Gasteiger partial charge >= 0.3 is 0 Å². The van der Waals surface area contributed by atoms with Crippen molar-refractivity contribution < 1.29 is 4.74 Å². The van der Waals surface area contributed by atoms with Crippen molar-refractivity contribution in [2.24, 2.45) is 4.99 Å². The average Bonchev–Trinajstić information content (AvgIpc) is 3.27. The van der Waals surface area contributed by atoms with Gasteiger partial charge in [-0.05, 0) is 31.4 Å². The molecule has 4 rings (SSSR count). The molecule has 0 radical (unpaired) electrons. The zero-order valence-electron chi connectivity index (χ0n) is 15.2. The fourth-order valence-electron chi connectivity index (χ4n) is 3.56. The highest BCUT2D eigenvalue weighted by molar-refractivity contribution is 5.79. The number of rotatable bonds is 5. The van der Waals surface area contributed by atoms with E-state index in [4.69, 9.17) is 4.74 Å². The zero-order chi connectivity index (χ0) is 17.8. The number of aliphatic imine (C=N–C) groups is 1. The summed E-state index contributed by atoms with van der Waals surface area (Å²) in [4.78, 5) is 4.69. The number of aryl methyl sites for hydroxylation is 1. The van der Waals surface area contributed by atoms with Crippen molar-refractivity contribution in [3.63, 3.8) is 0 Å². The molecule has 1 unspecified atom stereocenters. The lowest BCUT2D eigenvalue weighted by atomic mass is 10.1. The minimum atomic E-state index is 0.136. The molecule has 7 heteroatoms. The molecular weight excluding hydrogens is 328 g/mol. The number of hydrogen-bond acceptors (Lipinski definition) is 4. The van der Waals surface area contributed by atoms with Gasteiger partial charge in [-0.2, -0.15) is 0 Å². The van der Waals surface area contributed by atoms with E-state index in [1.165, 1.54) is 18.4 Å². The lowest BCUT2D eigenvalue weighted by Crippen LogP contribution is -2.42. The largest absolute Gasteiger partial charge is 0.488 e. The Hall–Kier alpha value is -2.57. The number of para-hydroxylation sites is 1. The summed E-state index contributed by atoms with van der Waals surface area (Å²) < 4.78 is 8.20. The molecule has 0 bridgehead atoms. The van der Waals surface area contributed by atoms with Gasteiger partial charge in [0.05, 0.1) is 6.54 Å². The Balaban J connectivity index is 1.35. The van der Waals surface area contributed by atoms with Crippen molar-refractivity contribution in [2.75, 3.05) is 13.1 Å². The van der Waals surface area contributed by atoms with Crippen LogP contribution in [0.2, 0.25) is 0 Å². The number of guanidine groups is 1. The first-order valence-corrected chi connectivity index (χ1v) is 9.51. The van der Waals surface area contributed by atoms with Crippen molar-refractivity contribution in [2.45, 2.75) is 51.8 Å². The van der Waals surface area contributed by atoms with E-state index >= 15 is 0 Å². The van der Waals surface area contributed by atoms with Crippen LogP contribution in [0.25, 0.3) is 0 Å². The Morgan fingerprint density at radius 2 is 2.19 bits per heavy atom. The van der Waals surface area contributed by atoms with Gasteiger partial charge in [0.15, 0.2) is 11.8 Å². The second-order valence-corrected chi connectivity index (χ2v) is 6.77. The summed E-state index contributed by atoms with van der Waals surface area (Å²) in [5.74, 6) is 3.83. The summed E-state index contributed by atoms with van der Waals surface area (Å²) in [6, 6.07) is 8.23. The highest BCUT2D eigenvalue weighted by atomic mass is 16.5. The monoisotopic (exact) mass is 354 g/mol. The third kappa shape index (κ3) is 3.66. The molecule has 1 aromatic carbocycles. The molecule has 2 aromatic rings. The van der Waals surface area contributed by atoms with Gasteiger partial charge < -0.3 is 19.9 Å². The minimum absolute atomic E-state index is 0.136. The summed E-state index contributed by atoms with van der Waals surface area (Å²) in [5, 5.41) is 15.3. The maximum atomic E-state index is 5.99. The second kappa shape index (κ2) is 7.76. The molecule has 7 nitrogen and oxygen atoms in total. The number of nitrogens with one attached hydrogen (secondary N) is 2. The maximum absolute atomic E-state index is 5.99. The van der Waals surface area contributed by atoms with Crippen LogP contribution < -0.4 is 15.4 Å². The Labute approximate surface area is 153 Å². The molecule has 3 heterocycles. The van der Waals surface area contributed by atoms with Crippen LogP contribution >= 0.6 is 0 Å². The van der Waals surface area contributed by atoms with Crippen LogP contribution in [0, 0.1) is 0 Å². The summed E-state index contributed by atoms with van der Waals surface area (Å²) in [7, 11) is 0. The average molecular weight is 354 g/mol. The van der Waals surface area contributed by atoms with E-state index in [0.29, 0.717) is 6.54 Å². The van der Waals surface area contributed by atoms with E-state index in [0.717, 1.165) is 55.8 Å². The molecule has 0 amide bonds. The molecule has 0 aliphatic carbocycles. The van der Waals surface area contributed by atoms with Crippen molar-refractivity contribution in [1.82, 2.24) is 25.4 Å². The Kier molecular flexibility index (Phi) is 5.04. The van der Waals surface area contributed by atoms with Gasteiger partial charge in [-0.1, -0.05) is 18.2 Å². The summed E-state index contributed by atoms with van der Waals surface area (Å²) >= 11 is 0. The fraction of sp³-hybridized carbons (Fsp3) is 0.526. The van der Waals surface area contributed by atoms with Crippen LogP contribution in [0.5, 0.6) is 5.75 Å². The Bertz CT molecular complexity index is 759. The number of nitrogens with zero attached hydrogens (tertiary/aromatic N) is 4. The molecule has 26 heavy (non-hydrogen) atoms. The molecule has 0 fully saturated rings. The van der Waals surface area contributed by atoms with Crippen molar-refractivity contribution in [1.29, 1.82) is 0 Å². The van der Waals surface area contributed by atoms with E-state index in [1.807, 2.05) is 12.1 Å². The molecular formula is C19H26N6O. The van der Waals surface area contributed by atoms with E-state index in [9.17, 15) is 0 Å². The van der Waals surface area contributed by atoms with Crippen molar-refractivity contribution in [3.8, 4) is 5.75 Å². The highest BCUT2D eigenvalue weighted by Crippen LogP contribution is 2.27. The topological polar surface area (TPSA) is 76.4 Å². The van der Waals surface area contributed by atoms with Gasteiger partial charge in [-0.15, -0.1) is 10.2 Å². The predicted molar refractivity (Wildman–Crippen MR) is 100 cm³/mol. The van der Waals surface area contributed by atoms with Crippen LogP contribution in [0.15, 0.2) is 29.3 Å². The molecule has 2 N–H and O–H groups in total. The van der Waals surface area contributed by atoms with Crippen LogP contribution in [0.1, 0.15) is 37.0 Å². The first kappa shape index (κ1) is 16.9. The standard InChI is InChI=1S/C19H26N6O/c1-2-20-19(21-12-15-11-14-7-3-4-8-16(14)26-15)22-13-18-24-23-17-9-5-6-10-25(17)18/h3-4,7-8,15H,2,5-6,9-13H2,1H3,(H2,20,21,22). The van der Waals surface area contributed by atoms with Crippen LogP contribution in [0.3, 0.4) is 0 Å². The van der Waals surface area contributed by atoms with Gasteiger partial charge in [0, 0.05) is 25.9 Å². The van der Waals surface area contributed by atoms with Gasteiger partial charge in [-0.3, -0.25) is 0 Å². The third-order valence-electron chi connectivity index (χ3n) is 4.87. The summed E-state index contributed by atoms with van der Waals surface area (Å²) in [5.41, 5.74) is 1.27. The van der Waals surface area contributed by atoms with E-state index in [1.54, 1.807) is 0 Å². The Morgan fingerprint density at radius 3 is 3.08 bits per heavy atom. The summed E-state index contributed by atoms with van der Waals surface area (Å²) in [6.07, 6.45) is 4.49. The van der Waals surface area contributed by atoms with Crippen molar-refractivity contribution in [3.05, 3.63) is 41.5 Å². The number of aromatic nitrogens is 3. The zero-order valence-corrected chi connectivity index (χ0v) is 15.2. The van der Waals surface area contributed by atoms with E-state index in [-0.39, 0.29) is 6.10 Å². The van der Waals surface area contributed by atoms with E-state index < -0.39 is 0 Å². The van der Waals surface area contributed by atoms with Gasteiger partial charge in [-0.25, -0.2) is 4.99 Å². The molecule has 138 valence electrons. The number of ether oxygens (including phenoxy) is 1. The fourth-order valence-corrected chi connectivity index (χ4v) is 3.56. The van der Waals surface area contributed by atoms with E-state index in [2.05, 4.69) is 49.4 Å². The van der Waals surface area contributed by atoms with Crippen LogP contribution in [0.4, 0.5) is 0 Å². The SMILES string of the molecule is CCNC(=NCc1nnc2n1CCCC2)NCC1Cc2ccccc2O1. The summed E-state index contributed by atoms with van der Waals surface area (Å²) in [6.45, 7) is 5.14. The molecule has 0 saturated heterocycles. The third-order valence-corrected chi connectivity index (χ3v) is 4.87. The first-order chi connectivity index (χ1) is 12.8. The number of fused-ring (bicyclic) bond motifs is 2. The van der Waals surface area contributed by atoms with Crippen LogP contribution in [-0.4, -0.2) is 39.9 Å². The molecule has 0 spiro atoms. The molecule has 1 atom stereocenters. The second-order valence-electron chi connectivity index (χ2n) is 6.77. The number of hydrogen-bond donors (Lipinski definition) is 2. The van der Waals surface area contributed by atoms with Crippen molar-refractivity contribution >= 4 is 5.96 Å². The first-order valence-electron chi connectivity index (χ1n) is 9.51. The quantitative estimate of drug-likeness (QED) is 0.631. The molecule has 0 saturated carbocycles. The predicted octanol–water partition coefficient (Wildman–Crippen LogP) is 1.67. The normalized spacial score (nSPS) is 18.8. The smallest absolute Gasteiger partial charge is 0.191 e. The van der Waals surface area contributed by atoms with Crippen LogP contribution in [-0.2, 0) is 25.9 Å². The molecule has 1 aromatic heterocycles. The highest BCUT2D eigenvalue weighted by Gasteiger charge is 2.22. The lowest BCUT2D eigenvalue weighted by molar-refractivity contribution is 0.235. The lowest BCUT2D eigenvalue weighted by Gasteiger charge is -2.16. The minimum Gasteiger partial charge on any atom is -0.488 e. The molecule has 2 aliphatic rings.